The van der Waals surface area contributed by atoms with Crippen LogP contribution in [0.3, 0.4) is 0 Å². The van der Waals surface area contributed by atoms with Gasteiger partial charge in [0.2, 0.25) is 0 Å². The minimum absolute atomic E-state index is 0.810. The van der Waals surface area contributed by atoms with Crippen LogP contribution in [0.2, 0.25) is 0 Å². The number of thioether (sulfide) groups is 1. The van der Waals surface area contributed by atoms with Gasteiger partial charge >= 0.3 is 0 Å². The van der Waals surface area contributed by atoms with Crippen LogP contribution in [0, 0.1) is 11.8 Å². The summed E-state index contributed by atoms with van der Waals surface area (Å²) >= 11 is 1.67. The van der Waals surface area contributed by atoms with Crippen LogP contribution in [-0.2, 0) is 0 Å². The molecule has 1 rings (SSSR count). The molecule has 0 heterocycles. The summed E-state index contributed by atoms with van der Waals surface area (Å²) in [5.74, 6) is 6.64. The third kappa shape index (κ3) is 2.52. The quantitative estimate of drug-likeness (QED) is 0.426. The summed E-state index contributed by atoms with van der Waals surface area (Å²) in [6.07, 6.45) is 0. The zero-order valence-electron chi connectivity index (χ0n) is 7.00. The molecule has 0 aliphatic heterocycles. The van der Waals surface area contributed by atoms with Crippen LogP contribution < -0.4 is 5.73 Å². The number of hydrogen-bond donors (Lipinski definition) is 1. The van der Waals surface area contributed by atoms with Crippen molar-refractivity contribution in [1.29, 1.82) is 0 Å². The molecule has 1 nitrogen and oxygen atoms in total. The van der Waals surface area contributed by atoms with Gasteiger partial charge in [0.05, 0.1) is 5.75 Å². The normalized spacial score (nSPS) is 8.75. The van der Waals surface area contributed by atoms with Crippen LogP contribution in [0.25, 0.3) is 0 Å². The molecular weight excluding hydrogens is 166 g/mol. The Bertz CT molecular complexity index is 309. The predicted octanol–water partition coefficient (Wildman–Crippen LogP) is 2.38. The molecule has 0 atom stereocenters. The highest BCUT2D eigenvalue weighted by Gasteiger charge is 1.95. The lowest BCUT2D eigenvalue weighted by molar-refractivity contribution is 1.46. The fraction of sp³-hybridized carbons (Fsp3) is 0.200. The van der Waals surface area contributed by atoms with Gasteiger partial charge in [-0.25, -0.2) is 0 Å². The fourth-order valence-electron chi connectivity index (χ4n) is 0.798. The largest absolute Gasteiger partial charge is 0.398 e. The second kappa shape index (κ2) is 4.74. The number of rotatable bonds is 2. The van der Waals surface area contributed by atoms with E-state index in [1.54, 1.807) is 11.8 Å². The number of para-hydroxylation sites is 1. The molecule has 0 aliphatic rings. The second-order valence-corrected chi connectivity index (χ2v) is 3.27. The highest BCUT2D eigenvalue weighted by atomic mass is 32.2. The summed E-state index contributed by atoms with van der Waals surface area (Å²) in [7, 11) is 0. The molecule has 2 heteroatoms. The van der Waals surface area contributed by atoms with Crippen LogP contribution in [0.5, 0.6) is 0 Å². The molecule has 0 bridgehead atoms. The van der Waals surface area contributed by atoms with E-state index in [-0.39, 0.29) is 0 Å². The monoisotopic (exact) mass is 177 g/mol. The Labute approximate surface area is 77.4 Å². The van der Waals surface area contributed by atoms with Crippen molar-refractivity contribution in [2.75, 3.05) is 11.5 Å². The average molecular weight is 177 g/mol. The maximum Gasteiger partial charge on any atom is 0.0595 e. The van der Waals surface area contributed by atoms with Crippen LogP contribution >= 0.6 is 11.8 Å². The van der Waals surface area contributed by atoms with E-state index in [0.717, 1.165) is 16.3 Å². The molecular formula is C10H11NS. The lowest BCUT2D eigenvalue weighted by Crippen LogP contribution is -1.87. The Morgan fingerprint density at radius 1 is 1.42 bits per heavy atom. The Balaban J connectivity index is 2.61. The lowest BCUT2D eigenvalue weighted by Gasteiger charge is -2.00. The molecule has 0 radical (unpaired) electrons. The highest BCUT2D eigenvalue weighted by molar-refractivity contribution is 7.99. The molecule has 0 aromatic heterocycles. The molecule has 0 amide bonds. The maximum atomic E-state index is 5.73. The molecule has 12 heavy (non-hydrogen) atoms. The summed E-state index contributed by atoms with van der Waals surface area (Å²) in [6.45, 7) is 1.84. The van der Waals surface area contributed by atoms with E-state index in [1.807, 2.05) is 31.2 Å². The van der Waals surface area contributed by atoms with E-state index < -0.39 is 0 Å². The molecule has 0 fully saturated rings. The molecule has 0 spiro atoms. The zero-order chi connectivity index (χ0) is 8.81. The van der Waals surface area contributed by atoms with Crippen molar-refractivity contribution < 1.29 is 0 Å². The van der Waals surface area contributed by atoms with Gasteiger partial charge in [0.1, 0.15) is 0 Å². The highest BCUT2D eigenvalue weighted by Crippen LogP contribution is 2.23. The van der Waals surface area contributed by atoms with E-state index in [4.69, 9.17) is 5.73 Å². The summed E-state index contributed by atoms with van der Waals surface area (Å²) in [6, 6.07) is 7.84. The lowest BCUT2D eigenvalue weighted by atomic mass is 10.3. The van der Waals surface area contributed by atoms with Gasteiger partial charge < -0.3 is 5.73 Å². The first kappa shape index (κ1) is 9.02. The van der Waals surface area contributed by atoms with Crippen molar-refractivity contribution in [2.24, 2.45) is 0 Å². The Morgan fingerprint density at radius 2 is 2.17 bits per heavy atom. The summed E-state index contributed by atoms with van der Waals surface area (Å²) < 4.78 is 0. The van der Waals surface area contributed by atoms with Crippen molar-refractivity contribution in [3.05, 3.63) is 24.3 Å². The van der Waals surface area contributed by atoms with Gasteiger partial charge in [-0.05, 0) is 19.1 Å². The number of hydrogen-bond acceptors (Lipinski definition) is 2. The molecule has 0 saturated heterocycles. The second-order valence-electron chi connectivity index (χ2n) is 2.25. The first-order chi connectivity index (χ1) is 5.84. The average Bonchev–Trinajstić information content (AvgIpc) is 2.09. The SMILES string of the molecule is CC#CCSc1ccccc1N. The maximum absolute atomic E-state index is 5.73. The molecule has 2 N–H and O–H groups in total. The Hall–Kier alpha value is -1.07. The third-order valence-electron chi connectivity index (χ3n) is 1.40. The summed E-state index contributed by atoms with van der Waals surface area (Å²) in [5, 5.41) is 0. The van der Waals surface area contributed by atoms with Crippen LogP contribution in [0.4, 0.5) is 5.69 Å². The van der Waals surface area contributed by atoms with Gasteiger partial charge in [0, 0.05) is 10.6 Å². The van der Waals surface area contributed by atoms with E-state index in [1.165, 1.54) is 0 Å². The predicted molar refractivity (Wildman–Crippen MR) is 55.0 cm³/mol. The van der Waals surface area contributed by atoms with Crippen molar-refractivity contribution in [2.45, 2.75) is 11.8 Å². The zero-order valence-corrected chi connectivity index (χ0v) is 7.82. The standard InChI is InChI=1S/C10H11NS/c1-2-3-8-12-10-7-5-4-6-9(10)11/h4-7H,8,11H2,1H3. The van der Waals surface area contributed by atoms with E-state index in [0.29, 0.717) is 0 Å². The minimum atomic E-state index is 0.810. The first-order valence-electron chi connectivity index (χ1n) is 3.71. The van der Waals surface area contributed by atoms with E-state index in [2.05, 4.69) is 11.8 Å². The van der Waals surface area contributed by atoms with Gasteiger partial charge in [-0.2, -0.15) is 0 Å². The number of anilines is 1. The van der Waals surface area contributed by atoms with Crippen molar-refractivity contribution in [1.82, 2.24) is 0 Å². The molecule has 0 aliphatic carbocycles. The molecule has 0 unspecified atom stereocenters. The topological polar surface area (TPSA) is 26.0 Å². The van der Waals surface area contributed by atoms with Gasteiger partial charge in [0.25, 0.3) is 0 Å². The minimum Gasteiger partial charge on any atom is -0.398 e. The van der Waals surface area contributed by atoms with E-state index >= 15 is 0 Å². The van der Waals surface area contributed by atoms with Gasteiger partial charge in [-0.3, -0.25) is 0 Å². The first-order valence-corrected chi connectivity index (χ1v) is 4.70. The summed E-state index contributed by atoms with van der Waals surface area (Å²) in [4.78, 5) is 1.11. The number of benzene rings is 1. The Morgan fingerprint density at radius 3 is 2.83 bits per heavy atom. The van der Waals surface area contributed by atoms with Crippen molar-refractivity contribution in [3.8, 4) is 11.8 Å². The van der Waals surface area contributed by atoms with Crippen LogP contribution in [0.1, 0.15) is 6.92 Å². The molecule has 0 saturated carbocycles. The van der Waals surface area contributed by atoms with Crippen molar-refractivity contribution >= 4 is 17.4 Å². The van der Waals surface area contributed by atoms with Gasteiger partial charge in [0.15, 0.2) is 0 Å². The van der Waals surface area contributed by atoms with Crippen molar-refractivity contribution in [3.63, 3.8) is 0 Å². The Kier molecular flexibility index (Phi) is 3.56. The molecule has 1 aromatic rings. The van der Waals surface area contributed by atoms with Gasteiger partial charge in [-0.15, -0.1) is 17.7 Å². The molecule has 1 aromatic carbocycles. The fourth-order valence-corrected chi connectivity index (χ4v) is 1.58. The number of nitrogens with two attached hydrogens (primary N) is 1. The van der Waals surface area contributed by atoms with Crippen LogP contribution in [-0.4, -0.2) is 5.75 Å². The third-order valence-corrected chi connectivity index (χ3v) is 2.37. The summed E-state index contributed by atoms with van der Waals surface area (Å²) in [5.41, 5.74) is 6.57. The van der Waals surface area contributed by atoms with Crippen LogP contribution in [0.15, 0.2) is 29.2 Å². The molecule has 62 valence electrons. The number of nitrogen functional groups attached to an aromatic ring is 1. The van der Waals surface area contributed by atoms with Gasteiger partial charge in [-0.1, -0.05) is 18.1 Å². The van der Waals surface area contributed by atoms with E-state index in [9.17, 15) is 0 Å². The smallest absolute Gasteiger partial charge is 0.0595 e.